The van der Waals surface area contributed by atoms with Gasteiger partial charge in [-0.2, -0.15) is 4.39 Å². The SMILES string of the molecule is CC(C)(CNC(=O)c1ccnc(F)c1)C(=O)O. The highest BCUT2D eigenvalue weighted by atomic mass is 19.1. The molecule has 0 aliphatic carbocycles. The maximum atomic E-state index is 12.7. The molecule has 0 unspecified atom stereocenters. The van der Waals surface area contributed by atoms with Crippen molar-refractivity contribution >= 4 is 11.9 Å². The molecule has 5 nitrogen and oxygen atoms in total. The van der Waals surface area contributed by atoms with E-state index in [1.54, 1.807) is 0 Å². The Bertz CT molecular complexity index is 446. The number of aromatic nitrogens is 1. The van der Waals surface area contributed by atoms with Crippen LogP contribution in [-0.2, 0) is 4.79 Å². The molecule has 1 aromatic heterocycles. The molecular weight excluding hydrogens is 227 g/mol. The number of pyridine rings is 1. The van der Waals surface area contributed by atoms with Crippen molar-refractivity contribution in [2.24, 2.45) is 5.41 Å². The van der Waals surface area contributed by atoms with Crippen molar-refractivity contribution in [3.8, 4) is 0 Å². The van der Waals surface area contributed by atoms with Gasteiger partial charge in [0, 0.05) is 24.4 Å². The number of carbonyl (C=O) groups is 2. The monoisotopic (exact) mass is 240 g/mol. The van der Waals surface area contributed by atoms with Gasteiger partial charge in [0.2, 0.25) is 5.95 Å². The van der Waals surface area contributed by atoms with Crippen LogP contribution in [0.25, 0.3) is 0 Å². The van der Waals surface area contributed by atoms with Crippen molar-refractivity contribution in [2.45, 2.75) is 13.8 Å². The summed E-state index contributed by atoms with van der Waals surface area (Å²) in [6, 6.07) is 2.34. The number of nitrogens with zero attached hydrogens (tertiary/aromatic N) is 1. The number of nitrogens with one attached hydrogen (secondary N) is 1. The van der Waals surface area contributed by atoms with E-state index < -0.39 is 23.2 Å². The molecule has 1 aromatic rings. The summed E-state index contributed by atoms with van der Waals surface area (Å²) in [6.07, 6.45) is 1.17. The van der Waals surface area contributed by atoms with Gasteiger partial charge in [0.15, 0.2) is 0 Å². The van der Waals surface area contributed by atoms with Crippen LogP contribution in [0, 0.1) is 11.4 Å². The third kappa shape index (κ3) is 3.51. The molecule has 17 heavy (non-hydrogen) atoms. The van der Waals surface area contributed by atoms with Crippen LogP contribution in [0.2, 0.25) is 0 Å². The lowest BCUT2D eigenvalue weighted by molar-refractivity contribution is -0.146. The summed E-state index contributed by atoms with van der Waals surface area (Å²) in [5.41, 5.74) is -0.958. The maximum Gasteiger partial charge on any atom is 0.310 e. The Hall–Kier alpha value is -1.98. The number of hydrogen-bond donors (Lipinski definition) is 2. The molecule has 6 heteroatoms. The smallest absolute Gasteiger partial charge is 0.310 e. The minimum absolute atomic E-state index is 0.0366. The normalized spacial score (nSPS) is 11.0. The lowest BCUT2D eigenvalue weighted by Crippen LogP contribution is -2.38. The van der Waals surface area contributed by atoms with Crippen LogP contribution >= 0.6 is 0 Å². The lowest BCUT2D eigenvalue weighted by atomic mass is 9.94. The Balaban J connectivity index is 2.65. The average molecular weight is 240 g/mol. The second kappa shape index (κ2) is 4.90. The number of rotatable bonds is 4. The van der Waals surface area contributed by atoms with Gasteiger partial charge >= 0.3 is 5.97 Å². The fourth-order valence-corrected chi connectivity index (χ4v) is 1.02. The number of amides is 1. The molecule has 2 N–H and O–H groups in total. The third-order valence-electron chi connectivity index (χ3n) is 2.26. The van der Waals surface area contributed by atoms with Gasteiger partial charge < -0.3 is 10.4 Å². The molecule has 0 aliphatic rings. The summed E-state index contributed by atoms with van der Waals surface area (Å²) in [6.45, 7) is 2.94. The molecule has 0 saturated carbocycles. The lowest BCUT2D eigenvalue weighted by Gasteiger charge is -2.19. The molecule has 0 aliphatic heterocycles. The molecule has 0 saturated heterocycles. The van der Waals surface area contributed by atoms with Gasteiger partial charge in [-0.25, -0.2) is 4.98 Å². The van der Waals surface area contributed by atoms with Gasteiger partial charge in [-0.1, -0.05) is 0 Å². The first-order valence-corrected chi connectivity index (χ1v) is 4.96. The summed E-state index contributed by atoms with van der Waals surface area (Å²) in [5, 5.41) is 11.3. The predicted molar refractivity (Wildman–Crippen MR) is 57.9 cm³/mol. The van der Waals surface area contributed by atoms with Crippen LogP contribution < -0.4 is 5.32 Å². The van der Waals surface area contributed by atoms with Crippen LogP contribution in [0.4, 0.5) is 4.39 Å². The van der Waals surface area contributed by atoms with Crippen LogP contribution in [0.15, 0.2) is 18.3 Å². The largest absolute Gasteiger partial charge is 0.481 e. The molecule has 1 heterocycles. The number of aliphatic carboxylic acids is 1. The molecule has 0 bridgehead atoms. The Labute approximate surface area is 97.7 Å². The summed E-state index contributed by atoms with van der Waals surface area (Å²) in [7, 11) is 0. The van der Waals surface area contributed by atoms with Crippen molar-refractivity contribution in [1.29, 1.82) is 0 Å². The van der Waals surface area contributed by atoms with E-state index in [4.69, 9.17) is 5.11 Å². The number of carboxylic acids is 1. The number of hydrogen-bond acceptors (Lipinski definition) is 3. The Kier molecular flexibility index (Phi) is 3.77. The molecule has 0 spiro atoms. The van der Waals surface area contributed by atoms with Gasteiger partial charge in [0.1, 0.15) is 0 Å². The third-order valence-corrected chi connectivity index (χ3v) is 2.26. The van der Waals surface area contributed by atoms with E-state index in [1.165, 1.54) is 26.1 Å². The highest BCUT2D eigenvalue weighted by Gasteiger charge is 2.27. The van der Waals surface area contributed by atoms with Gasteiger partial charge in [-0.15, -0.1) is 0 Å². The quantitative estimate of drug-likeness (QED) is 0.771. The van der Waals surface area contributed by atoms with Crippen LogP contribution in [-0.4, -0.2) is 28.5 Å². The first kappa shape index (κ1) is 13.1. The van der Waals surface area contributed by atoms with E-state index in [0.717, 1.165) is 6.07 Å². The fraction of sp³-hybridized carbons (Fsp3) is 0.364. The highest BCUT2D eigenvalue weighted by Crippen LogP contribution is 2.13. The number of carbonyl (C=O) groups excluding carboxylic acids is 1. The number of carboxylic acid groups (broad SMARTS) is 1. The average Bonchev–Trinajstić information content (AvgIpc) is 2.25. The van der Waals surface area contributed by atoms with E-state index in [9.17, 15) is 14.0 Å². The van der Waals surface area contributed by atoms with Crippen molar-refractivity contribution in [1.82, 2.24) is 10.3 Å². The van der Waals surface area contributed by atoms with E-state index in [0.29, 0.717) is 0 Å². The predicted octanol–water partition coefficient (Wildman–Crippen LogP) is 1.06. The van der Waals surface area contributed by atoms with Crippen LogP contribution in [0.1, 0.15) is 24.2 Å². The van der Waals surface area contributed by atoms with Crippen molar-refractivity contribution < 1.29 is 19.1 Å². The second-order valence-corrected chi connectivity index (χ2v) is 4.24. The van der Waals surface area contributed by atoms with Gasteiger partial charge in [-0.3, -0.25) is 9.59 Å². The zero-order valence-corrected chi connectivity index (χ0v) is 9.53. The first-order chi connectivity index (χ1) is 7.83. The van der Waals surface area contributed by atoms with Crippen molar-refractivity contribution in [2.75, 3.05) is 6.54 Å². The Morgan fingerprint density at radius 3 is 2.71 bits per heavy atom. The van der Waals surface area contributed by atoms with Crippen molar-refractivity contribution in [3.05, 3.63) is 29.8 Å². The van der Waals surface area contributed by atoms with E-state index in [-0.39, 0.29) is 12.1 Å². The minimum atomic E-state index is -1.07. The zero-order chi connectivity index (χ0) is 13.1. The topological polar surface area (TPSA) is 79.3 Å². The van der Waals surface area contributed by atoms with E-state index in [1.807, 2.05) is 0 Å². The zero-order valence-electron chi connectivity index (χ0n) is 9.53. The van der Waals surface area contributed by atoms with Gasteiger partial charge in [0.25, 0.3) is 5.91 Å². The van der Waals surface area contributed by atoms with Gasteiger partial charge in [-0.05, 0) is 19.9 Å². The Morgan fingerprint density at radius 1 is 1.53 bits per heavy atom. The molecule has 1 rings (SSSR count). The summed E-state index contributed by atoms with van der Waals surface area (Å²) in [4.78, 5) is 25.7. The first-order valence-electron chi connectivity index (χ1n) is 4.96. The minimum Gasteiger partial charge on any atom is -0.481 e. The summed E-state index contributed by atoms with van der Waals surface area (Å²) < 4.78 is 12.7. The maximum absolute atomic E-state index is 12.7. The Morgan fingerprint density at radius 2 is 2.18 bits per heavy atom. The molecule has 0 fully saturated rings. The van der Waals surface area contributed by atoms with E-state index >= 15 is 0 Å². The molecule has 0 aromatic carbocycles. The van der Waals surface area contributed by atoms with E-state index in [2.05, 4.69) is 10.3 Å². The molecule has 1 amide bonds. The highest BCUT2D eigenvalue weighted by molar-refractivity contribution is 5.94. The molecule has 0 atom stereocenters. The fourth-order valence-electron chi connectivity index (χ4n) is 1.02. The molecule has 0 radical (unpaired) electrons. The van der Waals surface area contributed by atoms with Crippen LogP contribution in [0.3, 0.4) is 0 Å². The summed E-state index contributed by atoms with van der Waals surface area (Å²) in [5.74, 6) is -2.30. The molecular formula is C11H13FN2O3. The van der Waals surface area contributed by atoms with Crippen LogP contribution in [0.5, 0.6) is 0 Å². The second-order valence-electron chi connectivity index (χ2n) is 4.24. The van der Waals surface area contributed by atoms with Crippen molar-refractivity contribution in [3.63, 3.8) is 0 Å². The standard InChI is InChI=1S/C11H13FN2O3/c1-11(2,10(16)17)6-14-9(15)7-3-4-13-8(12)5-7/h3-5H,6H2,1-2H3,(H,14,15)(H,16,17). The van der Waals surface area contributed by atoms with Gasteiger partial charge in [0.05, 0.1) is 5.41 Å². The summed E-state index contributed by atoms with van der Waals surface area (Å²) >= 11 is 0. The molecule has 92 valence electrons. The number of halogens is 1.